The van der Waals surface area contributed by atoms with Crippen LogP contribution in [0.1, 0.15) is 16.1 Å². The Labute approximate surface area is 164 Å². The molecule has 0 saturated heterocycles. The van der Waals surface area contributed by atoms with Gasteiger partial charge in [0.15, 0.2) is 0 Å². The van der Waals surface area contributed by atoms with Gasteiger partial charge in [-0.1, -0.05) is 17.7 Å². The Morgan fingerprint density at radius 3 is 2.33 bits per heavy atom. The van der Waals surface area contributed by atoms with E-state index in [1.807, 2.05) is 62.3 Å². The number of anilines is 4. The topological polar surface area (TPSA) is 57.3 Å². The minimum absolute atomic E-state index is 0.276. The van der Waals surface area contributed by atoms with Crippen molar-refractivity contribution in [2.24, 2.45) is 0 Å². The number of hydrogen-bond acceptors (Lipinski definition) is 4. The normalized spacial score (nSPS) is 10.4. The second-order valence-electron chi connectivity index (χ2n) is 6.36. The first-order valence-corrected chi connectivity index (χ1v) is 8.89. The standard InChI is InChI=1S/C21H21ClN4O/c1-14-18(22)5-4-6-19(14)25-21(27)20-12-9-16(13-23-20)24-15-7-10-17(11-8-15)26(2)3/h4-13,24H,1-3H3,(H,25,27). The summed E-state index contributed by atoms with van der Waals surface area (Å²) < 4.78 is 0. The van der Waals surface area contributed by atoms with Gasteiger partial charge in [0.25, 0.3) is 5.91 Å². The fraction of sp³-hybridized carbons (Fsp3) is 0.143. The number of halogens is 1. The molecule has 0 fully saturated rings. The van der Waals surface area contributed by atoms with Gasteiger partial charge in [-0.15, -0.1) is 0 Å². The van der Waals surface area contributed by atoms with E-state index in [9.17, 15) is 4.79 Å². The summed E-state index contributed by atoms with van der Waals surface area (Å²) in [7, 11) is 4.00. The van der Waals surface area contributed by atoms with Gasteiger partial charge in [0.2, 0.25) is 0 Å². The number of amides is 1. The van der Waals surface area contributed by atoms with Crippen molar-refractivity contribution in [2.75, 3.05) is 29.6 Å². The molecule has 2 aromatic carbocycles. The third-order valence-corrected chi connectivity index (χ3v) is 4.59. The summed E-state index contributed by atoms with van der Waals surface area (Å²) >= 11 is 6.09. The Hall–Kier alpha value is -3.05. The third kappa shape index (κ3) is 4.57. The average molecular weight is 381 g/mol. The highest BCUT2D eigenvalue weighted by Gasteiger charge is 2.10. The highest BCUT2D eigenvalue weighted by atomic mass is 35.5. The SMILES string of the molecule is Cc1c(Cl)cccc1NC(=O)c1ccc(Nc2ccc(N(C)C)cc2)cn1. The van der Waals surface area contributed by atoms with E-state index < -0.39 is 0 Å². The molecule has 3 aromatic rings. The van der Waals surface area contributed by atoms with Gasteiger partial charge in [-0.25, -0.2) is 4.98 Å². The number of carbonyl (C=O) groups excluding carboxylic acids is 1. The number of hydrogen-bond donors (Lipinski definition) is 2. The molecule has 0 spiro atoms. The van der Waals surface area contributed by atoms with E-state index in [2.05, 4.69) is 15.6 Å². The fourth-order valence-electron chi connectivity index (χ4n) is 2.54. The summed E-state index contributed by atoms with van der Waals surface area (Å²) in [6, 6.07) is 17.0. The van der Waals surface area contributed by atoms with Crippen LogP contribution in [0, 0.1) is 6.92 Å². The van der Waals surface area contributed by atoms with Gasteiger partial charge in [-0.05, 0) is 61.0 Å². The molecule has 0 aliphatic carbocycles. The summed E-state index contributed by atoms with van der Waals surface area (Å²) in [5.74, 6) is -0.276. The molecule has 0 atom stereocenters. The lowest BCUT2D eigenvalue weighted by molar-refractivity contribution is 0.102. The molecule has 0 aliphatic heterocycles. The number of rotatable bonds is 5. The maximum atomic E-state index is 12.4. The highest BCUT2D eigenvalue weighted by molar-refractivity contribution is 6.31. The molecule has 0 aliphatic rings. The lowest BCUT2D eigenvalue weighted by Gasteiger charge is -2.13. The van der Waals surface area contributed by atoms with Crippen LogP contribution in [0.25, 0.3) is 0 Å². The lowest BCUT2D eigenvalue weighted by atomic mass is 10.2. The zero-order valence-corrected chi connectivity index (χ0v) is 16.2. The summed E-state index contributed by atoms with van der Waals surface area (Å²) in [5, 5.41) is 6.73. The molecular weight excluding hydrogens is 360 g/mol. The second kappa shape index (κ2) is 8.10. The van der Waals surface area contributed by atoms with Gasteiger partial charge < -0.3 is 15.5 Å². The first kappa shape index (κ1) is 18.7. The van der Waals surface area contributed by atoms with E-state index in [0.29, 0.717) is 16.4 Å². The summed E-state index contributed by atoms with van der Waals surface area (Å²) in [4.78, 5) is 18.7. The summed E-state index contributed by atoms with van der Waals surface area (Å²) in [6.07, 6.45) is 1.64. The van der Waals surface area contributed by atoms with Crippen LogP contribution in [0.15, 0.2) is 60.8 Å². The largest absolute Gasteiger partial charge is 0.378 e. The number of nitrogens with one attached hydrogen (secondary N) is 2. The van der Waals surface area contributed by atoms with Crippen molar-refractivity contribution in [3.8, 4) is 0 Å². The molecule has 2 N–H and O–H groups in total. The molecule has 27 heavy (non-hydrogen) atoms. The quantitative estimate of drug-likeness (QED) is 0.646. The van der Waals surface area contributed by atoms with E-state index in [0.717, 1.165) is 22.6 Å². The maximum Gasteiger partial charge on any atom is 0.274 e. The third-order valence-electron chi connectivity index (χ3n) is 4.18. The number of pyridine rings is 1. The Morgan fingerprint density at radius 1 is 1.00 bits per heavy atom. The highest BCUT2D eigenvalue weighted by Crippen LogP contribution is 2.24. The monoisotopic (exact) mass is 380 g/mol. The van der Waals surface area contributed by atoms with Crippen LogP contribution >= 0.6 is 11.6 Å². The molecule has 138 valence electrons. The zero-order chi connectivity index (χ0) is 19.4. The van der Waals surface area contributed by atoms with E-state index >= 15 is 0 Å². The first-order valence-electron chi connectivity index (χ1n) is 8.51. The molecule has 3 rings (SSSR count). The molecule has 0 radical (unpaired) electrons. The smallest absolute Gasteiger partial charge is 0.274 e. The van der Waals surface area contributed by atoms with Crippen molar-refractivity contribution in [3.05, 3.63) is 77.1 Å². The molecule has 5 nitrogen and oxygen atoms in total. The van der Waals surface area contributed by atoms with Crippen LogP contribution in [-0.4, -0.2) is 25.0 Å². The van der Waals surface area contributed by atoms with Crippen LogP contribution in [-0.2, 0) is 0 Å². The fourth-order valence-corrected chi connectivity index (χ4v) is 2.72. The first-order chi connectivity index (χ1) is 12.9. The van der Waals surface area contributed by atoms with Crippen molar-refractivity contribution < 1.29 is 4.79 Å². The van der Waals surface area contributed by atoms with E-state index in [1.165, 1.54) is 0 Å². The van der Waals surface area contributed by atoms with Crippen LogP contribution in [0.5, 0.6) is 0 Å². The maximum absolute atomic E-state index is 12.4. The van der Waals surface area contributed by atoms with Crippen LogP contribution in [0.2, 0.25) is 5.02 Å². The Morgan fingerprint density at radius 2 is 1.70 bits per heavy atom. The Balaban J connectivity index is 1.67. The molecule has 0 unspecified atom stereocenters. The van der Waals surface area contributed by atoms with Crippen molar-refractivity contribution in [1.82, 2.24) is 4.98 Å². The molecule has 0 saturated carbocycles. The number of carbonyl (C=O) groups is 1. The van der Waals surface area contributed by atoms with Gasteiger partial charge >= 0.3 is 0 Å². The van der Waals surface area contributed by atoms with Gasteiger partial charge in [-0.2, -0.15) is 0 Å². The summed E-state index contributed by atoms with van der Waals surface area (Å²) in [5.41, 5.74) is 4.73. The molecule has 0 bridgehead atoms. The Kier molecular flexibility index (Phi) is 5.62. The molecule has 6 heteroatoms. The van der Waals surface area contributed by atoms with Crippen molar-refractivity contribution in [2.45, 2.75) is 6.92 Å². The Bertz CT molecular complexity index is 937. The minimum Gasteiger partial charge on any atom is -0.378 e. The van der Waals surface area contributed by atoms with Crippen molar-refractivity contribution in [3.63, 3.8) is 0 Å². The van der Waals surface area contributed by atoms with E-state index in [1.54, 1.807) is 24.4 Å². The molecule has 1 heterocycles. The number of benzene rings is 2. The molecule has 1 aromatic heterocycles. The summed E-state index contributed by atoms with van der Waals surface area (Å²) in [6.45, 7) is 1.86. The lowest BCUT2D eigenvalue weighted by Crippen LogP contribution is -2.14. The van der Waals surface area contributed by atoms with E-state index in [-0.39, 0.29) is 5.91 Å². The molecular formula is C21H21ClN4O. The van der Waals surface area contributed by atoms with Crippen LogP contribution < -0.4 is 15.5 Å². The minimum atomic E-state index is -0.276. The van der Waals surface area contributed by atoms with Crippen LogP contribution in [0.3, 0.4) is 0 Å². The number of aromatic nitrogens is 1. The number of nitrogens with zero attached hydrogens (tertiary/aromatic N) is 2. The van der Waals surface area contributed by atoms with Gasteiger partial charge in [0.05, 0.1) is 11.9 Å². The second-order valence-corrected chi connectivity index (χ2v) is 6.77. The predicted octanol–water partition coefficient (Wildman–Crippen LogP) is 5.11. The molecule has 1 amide bonds. The zero-order valence-electron chi connectivity index (χ0n) is 15.5. The van der Waals surface area contributed by atoms with Crippen molar-refractivity contribution >= 4 is 40.3 Å². The van der Waals surface area contributed by atoms with Crippen molar-refractivity contribution in [1.29, 1.82) is 0 Å². The average Bonchev–Trinajstić information content (AvgIpc) is 2.66. The predicted molar refractivity (Wildman–Crippen MR) is 112 cm³/mol. The van der Waals surface area contributed by atoms with Crippen LogP contribution in [0.4, 0.5) is 22.7 Å². The van der Waals surface area contributed by atoms with Gasteiger partial charge in [0.1, 0.15) is 5.69 Å². The van der Waals surface area contributed by atoms with E-state index in [4.69, 9.17) is 11.6 Å². The van der Waals surface area contributed by atoms with Gasteiger partial charge in [0, 0.05) is 36.2 Å². The van der Waals surface area contributed by atoms with Gasteiger partial charge in [-0.3, -0.25) is 4.79 Å².